The van der Waals surface area contributed by atoms with Crippen LogP contribution in [-0.2, 0) is 6.54 Å². The zero-order valence-corrected chi connectivity index (χ0v) is 14.1. The predicted octanol–water partition coefficient (Wildman–Crippen LogP) is 2.63. The lowest BCUT2D eigenvalue weighted by Crippen LogP contribution is -2.31. The first-order valence-electron chi connectivity index (χ1n) is 7.76. The molecule has 0 radical (unpaired) electrons. The lowest BCUT2D eigenvalue weighted by atomic mass is 9.85. The van der Waals surface area contributed by atoms with E-state index in [1.807, 2.05) is 0 Å². The first-order valence-corrected chi connectivity index (χ1v) is 8.55. The van der Waals surface area contributed by atoms with Crippen molar-refractivity contribution in [3.05, 3.63) is 21.0 Å². The zero-order valence-electron chi connectivity index (χ0n) is 12.5. The molecule has 2 rings (SSSR count). The van der Waals surface area contributed by atoms with Gasteiger partial charge < -0.3 is 10.4 Å². The van der Waals surface area contributed by atoms with Gasteiger partial charge in [-0.1, -0.05) is 19.8 Å². The molecule has 1 aromatic heterocycles. The topological polar surface area (TPSA) is 67.2 Å². The van der Waals surface area contributed by atoms with Crippen molar-refractivity contribution in [1.29, 1.82) is 0 Å². The van der Waals surface area contributed by atoms with Gasteiger partial charge in [-0.3, -0.25) is 4.79 Å². The Labute approximate surface area is 133 Å². The van der Waals surface area contributed by atoms with Crippen LogP contribution in [0.3, 0.4) is 0 Å². The molecule has 1 heterocycles. The Morgan fingerprint density at radius 3 is 2.90 bits per heavy atom. The summed E-state index contributed by atoms with van der Waals surface area (Å²) in [6.45, 7) is 3.69. The number of rotatable bonds is 8. The van der Waals surface area contributed by atoms with Crippen molar-refractivity contribution in [2.45, 2.75) is 45.6 Å². The van der Waals surface area contributed by atoms with E-state index in [-0.39, 0.29) is 12.2 Å². The standard InChI is InChI=1S/C15H24BrN3O2/c1-2-11(6-7-20)8-17-14-13(16)9-18-19(15(14)21)10-12-4-3-5-12/h9,11-12,17,20H,2-8,10H2,1H3. The Kier molecular flexibility index (Phi) is 6.23. The molecule has 21 heavy (non-hydrogen) atoms. The van der Waals surface area contributed by atoms with E-state index in [1.54, 1.807) is 10.9 Å². The molecule has 0 amide bonds. The fourth-order valence-corrected chi connectivity index (χ4v) is 2.96. The second-order valence-corrected chi connectivity index (χ2v) is 6.67. The zero-order chi connectivity index (χ0) is 15.2. The number of halogens is 1. The van der Waals surface area contributed by atoms with Crippen LogP contribution in [0.5, 0.6) is 0 Å². The summed E-state index contributed by atoms with van der Waals surface area (Å²) in [7, 11) is 0. The molecule has 2 N–H and O–H groups in total. The fraction of sp³-hybridized carbons (Fsp3) is 0.733. The lowest BCUT2D eigenvalue weighted by molar-refractivity contribution is 0.257. The largest absolute Gasteiger partial charge is 0.396 e. The van der Waals surface area contributed by atoms with Gasteiger partial charge in [-0.05, 0) is 47.0 Å². The average Bonchev–Trinajstić information content (AvgIpc) is 2.43. The Morgan fingerprint density at radius 1 is 1.57 bits per heavy atom. The van der Waals surface area contributed by atoms with Crippen molar-refractivity contribution >= 4 is 21.6 Å². The highest BCUT2D eigenvalue weighted by Crippen LogP contribution is 2.27. The predicted molar refractivity (Wildman–Crippen MR) is 87.5 cm³/mol. The van der Waals surface area contributed by atoms with Crippen LogP contribution < -0.4 is 10.9 Å². The van der Waals surface area contributed by atoms with Crippen LogP contribution in [0.4, 0.5) is 5.69 Å². The van der Waals surface area contributed by atoms with Crippen LogP contribution in [0.25, 0.3) is 0 Å². The molecule has 1 aliphatic rings. The minimum Gasteiger partial charge on any atom is -0.396 e. The molecule has 0 spiro atoms. The Balaban J connectivity index is 2.06. The second-order valence-electron chi connectivity index (χ2n) is 5.82. The van der Waals surface area contributed by atoms with Crippen molar-refractivity contribution in [2.75, 3.05) is 18.5 Å². The fourth-order valence-electron chi connectivity index (χ4n) is 2.56. The van der Waals surface area contributed by atoms with Gasteiger partial charge in [-0.25, -0.2) is 4.68 Å². The molecule has 0 aliphatic heterocycles. The summed E-state index contributed by atoms with van der Waals surface area (Å²) in [5.41, 5.74) is 0.524. The molecule has 5 nitrogen and oxygen atoms in total. The summed E-state index contributed by atoms with van der Waals surface area (Å²) >= 11 is 3.40. The van der Waals surface area contributed by atoms with E-state index in [4.69, 9.17) is 5.11 Å². The average molecular weight is 358 g/mol. The van der Waals surface area contributed by atoms with Gasteiger partial charge in [0, 0.05) is 19.7 Å². The van der Waals surface area contributed by atoms with Crippen molar-refractivity contribution < 1.29 is 5.11 Å². The Bertz CT molecular complexity index is 514. The highest BCUT2D eigenvalue weighted by molar-refractivity contribution is 9.10. The van der Waals surface area contributed by atoms with Gasteiger partial charge in [0.05, 0.1) is 10.7 Å². The molecule has 1 aliphatic carbocycles. The third kappa shape index (κ3) is 4.30. The molecule has 1 aromatic rings. The number of nitrogens with zero attached hydrogens (tertiary/aromatic N) is 2. The number of nitrogens with one attached hydrogen (secondary N) is 1. The summed E-state index contributed by atoms with van der Waals surface area (Å²) in [6.07, 6.45) is 7.08. The number of hydrogen-bond acceptors (Lipinski definition) is 4. The summed E-state index contributed by atoms with van der Waals surface area (Å²) in [5.74, 6) is 0.969. The molecular weight excluding hydrogens is 334 g/mol. The van der Waals surface area contributed by atoms with Crippen LogP contribution in [0.2, 0.25) is 0 Å². The number of anilines is 1. The van der Waals surface area contributed by atoms with Crippen LogP contribution in [0.1, 0.15) is 39.0 Å². The van der Waals surface area contributed by atoms with Gasteiger partial charge >= 0.3 is 0 Å². The molecule has 1 saturated carbocycles. The molecule has 0 bridgehead atoms. The van der Waals surface area contributed by atoms with E-state index >= 15 is 0 Å². The van der Waals surface area contributed by atoms with E-state index in [1.165, 1.54) is 19.3 Å². The van der Waals surface area contributed by atoms with Crippen molar-refractivity contribution in [3.63, 3.8) is 0 Å². The van der Waals surface area contributed by atoms with E-state index < -0.39 is 0 Å². The van der Waals surface area contributed by atoms with Crippen molar-refractivity contribution in [3.8, 4) is 0 Å². The maximum atomic E-state index is 12.5. The normalized spacial score (nSPS) is 16.5. The van der Waals surface area contributed by atoms with Gasteiger partial charge in [-0.15, -0.1) is 0 Å². The molecule has 1 fully saturated rings. The SMILES string of the molecule is CCC(CCO)CNc1c(Br)cnn(CC2CCC2)c1=O. The number of aliphatic hydroxyl groups is 1. The highest BCUT2D eigenvalue weighted by atomic mass is 79.9. The molecule has 1 unspecified atom stereocenters. The van der Waals surface area contributed by atoms with Gasteiger partial charge in [0.15, 0.2) is 0 Å². The van der Waals surface area contributed by atoms with Gasteiger partial charge in [0.2, 0.25) is 0 Å². The monoisotopic (exact) mass is 357 g/mol. The maximum Gasteiger partial charge on any atom is 0.291 e. The van der Waals surface area contributed by atoms with Crippen LogP contribution >= 0.6 is 15.9 Å². The van der Waals surface area contributed by atoms with Crippen LogP contribution in [-0.4, -0.2) is 28.0 Å². The summed E-state index contributed by atoms with van der Waals surface area (Å²) < 4.78 is 2.28. The third-order valence-corrected chi connectivity index (χ3v) is 4.94. The summed E-state index contributed by atoms with van der Waals surface area (Å²) in [6, 6.07) is 0. The number of hydrogen-bond donors (Lipinski definition) is 2. The maximum absolute atomic E-state index is 12.5. The Hall–Kier alpha value is -0.880. The molecule has 1 atom stereocenters. The quantitative estimate of drug-likeness (QED) is 0.750. The minimum atomic E-state index is -0.0601. The van der Waals surface area contributed by atoms with Gasteiger partial charge in [-0.2, -0.15) is 5.10 Å². The van der Waals surface area contributed by atoms with E-state index in [2.05, 4.69) is 33.3 Å². The minimum absolute atomic E-state index is 0.0601. The third-order valence-electron chi connectivity index (χ3n) is 4.34. The van der Waals surface area contributed by atoms with E-state index in [0.717, 1.165) is 12.8 Å². The number of aromatic nitrogens is 2. The summed E-state index contributed by atoms with van der Waals surface area (Å²) in [5, 5.41) is 16.5. The smallest absolute Gasteiger partial charge is 0.291 e. The first kappa shape index (κ1) is 16.5. The molecular formula is C15H24BrN3O2. The first-order chi connectivity index (χ1) is 10.2. The molecule has 118 valence electrons. The second kappa shape index (κ2) is 7.94. The summed E-state index contributed by atoms with van der Waals surface area (Å²) in [4.78, 5) is 12.5. The van der Waals surface area contributed by atoms with E-state index in [9.17, 15) is 4.79 Å². The highest BCUT2D eigenvalue weighted by Gasteiger charge is 2.20. The van der Waals surface area contributed by atoms with Gasteiger partial charge in [0.25, 0.3) is 5.56 Å². The van der Waals surface area contributed by atoms with Crippen LogP contribution in [0.15, 0.2) is 15.5 Å². The van der Waals surface area contributed by atoms with Crippen LogP contribution in [0, 0.1) is 11.8 Å². The number of aliphatic hydroxyl groups excluding tert-OH is 1. The Morgan fingerprint density at radius 2 is 2.33 bits per heavy atom. The van der Waals surface area contributed by atoms with E-state index in [0.29, 0.717) is 35.1 Å². The molecule has 0 saturated heterocycles. The molecule has 6 heteroatoms. The van der Waals surface area contributed by atoms with Gasteiger partial charge in [0.1, 0.15) is 5.69 Å². The van der Waals surface area contributed by atoms with Crippen molar-refractivity contribution in [1.82, 2.24) is 9.78 Å². The molecule has 0 aromatic carbocycles. The lowest BCUT2D eigenvalue weighted by Gasteiger charge is -2.25. The van der Waals surface area contributed by atoms with Crippen molar-refractivity contribution in [2.24, 2.45) is 11.8 Å².